The molecular weight excluding hydrogens is 466 g/mol. The van der Waals surface area contributed by atoms with Gasteiger partial charge in [0.1, 0.15) is 17.4 Å². The molecule has 0 fully saturated rings. The van der Waals surface area contributed by atoms with Crippen LogP contribution in [0.5, 0.6) is 5.75 Å². The van der Waals surface area contributed by atoms with Gasteiger partial charge in [-0.25, -0.2) is 9.31 Å². The number of carbonyl (C=O) groups is 2. The van der Waals surface area contributed by atoms with E-state index in [9.17, 15) is 9.59 Å². The van der Waals surface area contributed by atoms with Crippen molar-refractivity contribution in [2.45, 2.75) is 38.8 Å². The van der Waals surface area contributed by atoms with Crippen molar-refractivity contribution in [1.29, 1.82) is 0 Å². The van der Waals surface area contributed by atoms with Gasteiger partial charge in [-0.1, -0.05) is 30.3 Å². The Balaban J connectivity index is 1.53. The number of anilines is 1. The molecule has 9 nitrogen and oxygen atoms in total. The molecule has 0 bridgehead atoms. The number of alkyl carbamates (subject to hydrolysis) is 1. The first kappa shape index (κ1) is 24.2. The van der Waals surface area contributed by atoms with Crippen molar-refractivity contribution in [2.24, 2.45) is 0 Å². The van der Waals surface area contributed by atoms with Crippen molar-refractivity contribution < 1.29 is 19.1 Å². The Morgan fingerprint density at radius 2 is 1.80 bits per heavy atom. The molecule has 0 saturated carbocycles. The molecule has 0 saturated heterocycles. The molecule has 2 aromatic carbocycles. The molecule has 1 atom stereocenters. The number of aromatic nitrogens is 3. The Kier molecular flexibility index (Phi) is 7.02. The summed E-state index contributed by atoms with van der Waals surface area (Å²) in [4.78, 5) is 30.6. The van der Waals surface area contributed by atoms with E-state index in [-0.39, 0.29) is 12.4 Å². The average molecular weight is 494 g/mol. The Morgan fingerprint density at radius 3 is 2.46 bits per heavy atom. The van der Waals surface area contributed by atoms with Gasteiger partial charge < -0.3 is 14.8 Å². The zero-order chi connectivity index (χ0) is 25.0. The van der Waals surface area contributed by atoms with Crippen LogP contribution >= 0.6 is 11.3 Å². The summed E-state index contributed by atoms with van der Waals surface area (Å²) in [7, 11) is 1.62. The molecule has 10 heteroatoms. The lowest BCUT2D eigenvalue weighted by Gasteiger charge is -2.23. The van der Waals surface area contributed by atoms with E-state index in [2.05, 4.69) is 20.7 Å². The second kappa shape index (κ2) is 10.1. The number of methoxy groups -OCH3 is 1. The minimum Gasteiger partial charge on any atom is -0.497 e. The second-order valence-corrected chi connectivity index (χ2v) is 9.69. The molecule has 4 aromatic rings. The van der Waals surface area contributed by atoms with E-state index in [1.54, 1.807) is 32.4 Å². The zero-order valence-electron chi connectivity index (χ0n) is 19.9. The number of thiazole rings is 1. The fraction of sp³-hybridized carbons (Fsp3) is 0.280. The van der Waals surface area contributed by atoms with Crippen LogP contribution in [-0.2, 0) is 16.0 Å². The molecule has 0 aliphatic rings. The van der Waals surface area contributed by atoms with Crippen molar-refractivity contribution in [2.75, 3.05) is 12.4 Å². The standard InChI is InChI=1S/C25H27N5O4S/c1-25(2,3)34-24(32)26-19(14-16-8-6-5-7-9-16)21(31)27-22-28-23-30(29-22)20(15-35-23)17-10-12-18(33-4)13-11-17/h5-13,15,19H,14H2,1-4H3,(H,26,32)(H,27,29,31). The second-order valence-electron chi connectivity index (χ2n) is 8.86. The largest absolute Gasteiger partial charge is 0.497 e. The number of hydrogen-bond acceptors (Lipinski definition) is 7. The van der Waals surface area contributed by atoms with Crippen LogP contribution in [0, 0.1) is 0 Å². The van der Waals surface area contributed by atoms with Gasteiger partial charge in [0.05, 0.1) is 12.8 Å². The molecule has 4 rings (SSSR count). The number of hydrogen-bond donors (Lipinski definition) is 2. The first-order valence-corrected chi connectivity index (χ1v) is 11.9. The Labute approximate surface area is 207 Å². The predicted octanol–water partition coefficient (Wildman–Crippen LogP) is 4.54. The molecule has 2 N–H and O–H groups in total. The van der Waals surface area contributed by atoms with E-state index in [0.717, 1.165) is 22.6 Å². The fourth-order valence-corrected chi connectivity index (χ4v) is 4.23. The number of nitrogens with zero attached hydrogens (tertiary/aromatic N) is 3. The van der Waals surface area contributed by atoms with Gasteiger partial charge in [0, 0.05) is 17.4 Å². The van der Waals surface area contributed by atoms with E-state index < -0.39 is 23.6 Å². The van der Waals surface area contributed by atoms with Gasteiger partial charge in [-0.05, 0) is 50.6 Å². The third kappa shape index (κ3) is 6.15. The maximum Gasteiger partial charge on any atom is 0.408 e. The number of amides is 2. The third-order valence-corrected chi connectivity index (χ3v) is 5.81. The quantitative estimate of drug-likeness (QED) is 0.391. The topological polar surface area (TPSA) is 107 Å². The zero-order valence-corrected chi connectivity index (χ0v) is 20.8. The highest BCUT2D eigenvalue weighted by Gasteiger charge is 2.26. The molecule has 0 spiro atoms. The lowest BCUT2D eigenvalue weighted by molar-refractivity contribution is -0.118. The number of rotatable bonds is 7. The van der Waals surface area contributed by atoms with E-state index in [4.69, 9.17) is 9.47 Å². The van der Waals surface area contributed by atoms with Crippen LogP contribution in [-0.4, -0.2) is 45.4 Å². The lowest BCUT2D eigenvalue weighted by atomic mass is 10.1. The number of ether oxygens (including phenoxy) is 2. The molecule has 2 amide bonds. The van der Waals surface area contributed by atoms with E-state index in [1.807, 2.05) is 60.0 Å². The highest BCUT2D eigenvalue weighted by atomic mass is 32.1. The van der Waals surface area contributed by atoms with Crippen LogP contribution in [0.15, 0.2) is 60.0 Å². The van der Waals surface area contributed by atoms with Crippen molar-refractivity contribution in [3.05, 3.63) is 65.5 Å². The number of benzene rings is 2. The highest BCUT2D eigenvalue weighted by molar-refractivity contribution is 7.15. The van der Waals surface area contributed by atoms with E-state index in [1.165, 1.54) is 11.3 Å². The summed E-state index contributed by atoms with van der Waals surface area (Å²) in [5.41, 5.74) is 1.98. The maximum absolute atomic E-state index is 13.2. The van der Waals surface area contributed by atoms with Crippen LogP contribution < -0.4 is 15.4 Å². The predicted molar refractivity (Wildman–Crippen MR) is 135 cm³/mol. The maximum atomic E-state index is 13.2. The van der Waals surface area contributed by atoms with Crippen molar-refractivity contribution >= 4 is 34.2 Å². The van der Waals surface area contributed by atoms with Crippen molar-refractivity contribution in [3.8, 4) is 17.0 Å². The molecule has 2 aromatic heterocycles. The number of fused-ring (bicyclic) bond motifs is 1. The van der Waals surface area contributed by atoms with Crippen LogP contribution in [0.4, 0.5) is 10.7 Å². The van der Waals surface area contributed by atoms with Gasteiger partial charge in [0.15, 0.2) is 0 Å². The van der Waals surface area contributed by atoms with Gasteiger partial charge in [-0.2, -0.15) is 4.98 Å². The number of nitrogens with one attached hydrogen (secondary N) is 2. The fourth-order valence-electron chi connectivity index (χ4n) is 3.40. The number of carbonyl (C=O) groups excluding carboxylic acids is 2. The first-order chi connectivity index (χ1) is 16.7. The lowest BCUT2D eigenvalue weighted by Crippen LogP contribution is -2.47. The summed E-state index contributed by atoms with van der Waals surface area (Å²) in [5, 5.41) is 11.8. The summed E-state index contributed by atoms with van der Waals surface area (Å²) >= 11 is 1.41. The van der Waals surface area contributed by atoms with Crippen molar-refractivity contribution in [1.82, 2.24) is 19.9 Å². The van der Waals surface area contributed by atoms with Crippen LogP contribution in [0.2, 0.25) is 0 Å². The Bertz CT molecular complexity index is 1310. The average Bonchev–Trinajstić information content (AvgIpc) is 3.38. The van der Waals surface area contributed by atoms with Gasteiger partial charge in [0.25, 0.3) is 5.95 Å². The van der Waals surface area contributed by atoms with Crippen LogP contribution in [0.1, 0.15) is 26.3 Å². The first-order valence-electron chi connectivity index (χ1n) is 11.0. The third-order valence-electron chi connectivity index (χ3n) is 4.99. The van der Waals surface area contributed by atoms with Gasteiger partial charge in [-0.3, -0.25) is 10.1 Å². The SMILES string of the molecule is COc1ccc(-c2csc3nc(NC(=O)C(Cc4ccccc4)NC(=O)OC(C)(C)C)nn23)cc1. The minimum atomic E-state index is -0.880. The summed E-state index contributed by atoms with van der Waals surface area (Å²) in [6.07, 6.45) is -0.389. The van der Waals surface area contributed by atoms with Gasteiger partial charge in [0.2, 0.25) is 10.9 Å². The summed E-state index contributed by atoms with van der Waals surface area (Å²) in [5.74, 6) is 0.471. The molecule has 0 radical (unpaired) electrons. The molecular formula is C25H27N5O4S. The molecule has 2 heterocycles. The molecule has 35 heavy (non-hydrogen) atoms. The normalized spacial score (nSPS) is 12.2. The summed E-state index contributed by atoms with van der Waals surface area (Å²) in [6.45, 7) is 5.29. The molecule has 0 aliphatic heterocycles. The smallest absolute Gasteiger partial charge is 0.408 e. The summed E-state index contributed by atoms with van der Waals surface area (Å²) < 4.78 is 12.2. The molecule has 182 valence electrons. The monoisotopic (exact) mass is 493 g/mol. The van der Waals surface area contributed by atoms with E-state index in [0.29, 0.717) is 4.96 Å². The highest BCUT2D eigenvalue weighted by Crippen LogP contribution is 2.27. The minimum absolute atomic E-state index is 0.153. The van der Waals surface area contributed by atoms with Crippen LogP contribution in [0.25, 0.3) is 16.2 Å². The van der Waals surface area contributed by atoms with Crippen molar-refractivity contribution in [3.63, 3.8) is 0 Å². The molecule has 0 aliphatic carbocycles. The Hall–Kier alpha value is -3.92. The summed E-state index contributed by atoms with van der Waals surface area (Å²) in [6, 6.07) is 16.2. The van der Waals surface area contributed by atoms with E-state index >= 15 is 0 Å². The van der Waals surface area contributed by atoms with Gasteiger partial charge in [-0.15, -0.1) is 16.4 Å². The van der Waals surface area contributed by atoms with Crippen LogP contribution in [0.3, 0.4) is 0 Å². The van der Waals surface area contributed by atoms with Gasteiger partial charge >= 0.3 is 6.09 Å². The molecule has 1 unspecified atom stereocenters. The Morgan fingerprint density at radius 1 is 1.09 bits per heavy atom.